The SMILES string of the molecule is Cc1c(C(=O)NC2CCOc3ccc(Br)cc32)oc2c(C)cccc12. The molecule has 1 aliphatic rings. The van der Waals surface area contributed by atoms with E-state index < -0.39 is 0 Å². The molecular formula is C20H18BrNO3. The lowest BCUT2D eigenvalue weighted by Gasteiger charge is -2.26. The number of carbonyl (C=O) groups excluding carboxylic acids is 1. The second-order valence-corrected chi connectivity index (χ2v) is 7.27. The van der Waals surface area contributed by atoms with Crippen LogP contribution in [0.15, 0.2) is 45.3 Å². The van der Waals surface area contributed by atoms with Gasteiger partial charge in [0.1, 0.15) is 11.3 Å². The van der Waals surface area contributed by atoms with Crippen molar-refractivity contribution in [1.82, 2.24) is 5.32 Å². The fraction of sp³-hybridized carbons (Fsp3) is 0.250. The van der Waals surface area contributed by atoms with Crippen molar-refractivity contribution in [3.8, 4) is 5.75 Å². The van der Waals surface area contributed by atoms with Gasteiger partial charge in [0.05, 0.1) is 12.6 Å². The number of furan rings is 1. The Kier molecular flexibility index (Phi) is 4.04. The summed E-state index contributed by atoms with van der Waals surface area (Å²) in [5.41, 5.74) is 3.66. The molecule has 5 heteroatoms. The van der Waals surface area contributed by atoms with Crippen molar-refractivity contribution in [2.45, 2.75) is 26.3 Å². The Morgan fingerprint density at radius 1 is 1.24 bits per heavy atom. The third kappa shape index (κ3) is 2.82. The zero-order chi connectivity index (χ0) is 17.6. The van der Waals surface area contributed by atoms with Gasteiger partial charge in [-0.2, -0.15) is 0 Å². The molecule has 25 heavy (non-hydrogen) atoms. The van der Waals surface area contributed by atoms with Crippen molar-refractivity contribution in [2.75, 3.05) is 6.61 Å². The van der Waals surface area contributed by atoms with Crippen molar-refractivity contribution in [3.05, 3.63) is 63.3 Å². The quantitative estimate of drug-likeness (QED) is 0.654. The normalized spacial score (nSPS) is 16.4. The molecule has 1 aliphatic heterocycles. The van der Waals surface area contributed by atoms with Crippen molar-refractivity contribution >= 4 is 32.8 Å². The van der Waals surface area contributed by atoms with Gasteiger partial charge in [-0.05, 0) is 37.6 Å². The summed E-state index contributed by atoms with van der Waals surface area (Å²) in [5.74, 6) is 1.01. The van der Waals surface area contributed by atoms with Crippen LogP contribution in [0.4, 0.5) is 0 Å². The molecule has 2 aromatic carbocycles. The van der Waals surface area contributed by atoms with E-state index in [0.29, 0.717) is 12.4 Å². The van der Waals surface area contributed by atoms with Gasteiger partial charge in [0.25, 0.3) is 5.91 Å². The van der Waals surface area contributed by atoms with E-state index in [1.807, 2.05) is 50.2 Å². The smallest absolute Gasteiger partial charge is 0.287 e. The predicted molar refractivity (Wildman–Crippen MR) is 100 cm³/mol. The highest BCUT2D eigenvalue weighted by Crippen LogP contribution is 2.35. The zero-order valence-corrected chi connectivity index (χ0v) is 15.6. The molecule has 4 rings (SSSR count). The van der Waals surface area contributed by atoms with E-state index in [9.17, 15) is 4.79 Å². The average Bonchev–Trinajstić information content (AvgIpc) is 2.94. The van der Waals surface area contributed by atoms with Gasteiger partial charge < -0.3 is 14.5 Å². The number of hydrogen-bond acceptors (Lipinski definition) is 3. The molecule has 0 spiro atoms. The standard InChI is InChI=1S/C20H18BrNO3/c1-11-4-3-5-14-12(2)19(25-18(11)14)20(23)22-16-8-9-24-17-7-6-13(21)10-15(16)17/h3-7,10,16H,8-9H2,1-2H3,(H,22,23). The van der Waals surface area contributed by atoms with Gasteiger partial charge in [-0.15, -0.1) is 0 Å². The Morgan fingerprint density at radius 3 is 2.88 bits per heavy atom. The van der Waals surface area contributed by atoms with E-state index in [1.165, 1.54) is 0 Å². The lowest BCUT2D eigenvalue weighted by molar-refractivity contribution is 0.0898. The first-order chi connectivity index (χ1) is 12.0. The van der Waals surface area contributed by atoms with Gasteiger partial charge in [-0.1, -0.05) is 34.1 Å². The van der Waals surface area contributed by atoms with E-state index in [4.69, 9.17) is 9.15 Å². The first-order valence-corrected chi connectivity index (χ1v) is 9.05. The van der Waals surface area contributed by atoms with E-state index >= 15 is 0 Å². The number of rotatable bonds is 2. The number of benzene rings is 2. The molecule has 0 fully saturated rings. The summed E-state index contributed by atoms with van der Waals surface area (Å²) in [7, 11) is 0. The predicted octanol–water partition coefficient (Wildman–Crippen LogP) is 5.07. The van der Waals surface area contributed by atoms with Crippen LogP contribution in [0.1, 0.15) is 39.7 Å². The fourth-order valence-corrected chi connectivity index (χ4v) is 3.72. The molecule has 1 atom stereocenters. The van der Waals surface area contributed by atoms with Crippen molar-refractivity contribution < 1.29 is 13.9 Å². The lowest BCUT2D eigenvalue weighted by Crippen LogP contribution is -2.32. The number of aryl methyl sites for hydroxylation is 2. The Morgan fingerprint density at radius 2 is 2.08 bits per heavy atom. The molecular weight excluding hydrogens is 382 g/mol. The minimum absolute atomic E-state index is 0.0949. The number of carbonyl (C=O) groups is 1. The minimum atomic E-state index is -0.189. The van der Waals surface area contributed by atoms with Crippen molar-refractivity contribution in [2.24, 2.45) is 0 Å². The molecule has 0 aliphatic carbocycles. The van der Waals surface area contributed by atoms with Crippen LogP contribution in [0, 0.1) is 13.8 Å². The third-order valence-electron chi connectivity index (χ3n) is 4.68. The van der Waals surface area contributed by atoms with Crippen LogP contribution in [-0.4, -0.2) is 12.5 Å². The van der Waals surface area contributed by atoms with Crippen molar-refractivity contribution in [1.29, 1.82) is 0 Å². The topological polar surface area (TPSA) is 51.5 Å². The molecule has 3 aromatic rings. The Labute approximate surface area is 154 Å². The number of nitrogens with one attached hydrogen (secondary N) is 1. The number of amides is 1. The molecule has 2 heterocycles. The summed E-state index contributed by atoms with van der Waals surface area (Å²) >= 11 is 3.49. The van der Waals surface area contributed by atoms with Crippen LogP contribution in [-0.2, 0) is 0 Å². The summed E-state index contributed by atoms with van der Waals surface area (Å²) in [4.78, 5) is 12.9. The fourth-order valence-electron chi connectivity index (χ4n) is 3.34. The summed E-state index contributed by atoms with van der Waals surface area (Å²) in [6, 6.07) is 11.7. The molecule has 1 unspecified atom stereocenters. The van der Waals surface area contributed by atoms with Crippen LogP contribution < -0.4 is 10.1 Å². The average molecular weight is 400 g/mol. The van der Waals surface area contributed by atoms with Gasteiger partial charge in [-0.25, -0.2) is 0 Å². The molecule has 0 bridgehead atoms. The molecule has 4 nitrogen and oxygen atoms in total. The van der Waals surface area contributed by atoms with E-state index in [0.717, 1.165) is 44.3 Å². The Bertz CT molecular complexity index is 976. The number of ether oxygens (including phenoxy) is 1. The Balaban J connectivity index is 1.67. The van der Waals surface area contributed by atoms with Crippen molar-refractivity contribution in [3.63, 3.8) is 0 Å². The van der Waals surface area contributed by atoms with E-state index in [1.54, 1.807) is 0 Å². The van der Waals surface area contributed by atoms with Gasteiger partial charge in [0.15, 0.2) is 5.76 Å². The van der Waals surface area contributed by atoms with Gasteiger partial charge in [0, 0.05) is 27.4 Å². The monoisotopic (exact) mass is 399 g/mol. The second-order valence-electron chi connectivity index (χ2n) is 6.35. The highest BCUT2D eigenvalue weighted by molar-refractivity contribution is 9.10. The van der Waals surface area contributed by atoms with Crippen LogP contribution >= 0.6 is 15.9 Å². The molecule has 1 N–H and O–H groups in total. The lowest BCUT2D eigenvalue weighted by atomic mass is 10.0. The molecule has 128 valence electrons. The summed E-state index contributed by atoms with van der Waals surface area (Å²) < 4.78 is 12.5. The maximum absolute atomic E-state index is 12.9. The van der Waals surface area contributed by atoms with E-state index in [-0.39, 0.29) is 11.9 Å². The highest BCUT2D eigenvalue weighted by Gasteiger charge is 2.26. The highest BCUT2D eigenvalue weighted by atomic mass is 79.9. The van der Waals surface area contributed by atoms with Crippen LogP contribution in [0.5, 0.6) is 5.75 Å². The summed E-state index contributed by atoms with van der Waals surface area (Å²) in [6.45, 7) is 4.49. The largest absolute Gasteiger partial charge is 0.493 e. The van der Waals surface area contributed by atoms with Crippen LogP contribution in [0.25, 0.3) is 11.0 Å². The second kappa shape index (κ2) is 6.23. The summed E-state index contributed by atoms with van der Waals surface area (Å²) in [5, 5.41) is 4.09. The van der Waals surface area contributed by atoms with Crippen LogP contribution in [0.3, 0.4) is 0 Å². The number of fused-ring (bicyclic) bond motifs is 2. The first-order valence-electron chi connectivity index (χ1n) is 8.26. The maximum Gasteiger partial charge on any atom is 0.287 e. The minimum Gasteiger partial charge on any atom is -0.493 e. The molecule has 0 radical (unpaired) electrons. The number of para-hydroxylation sites is 1. The zero-order valence-electron chi connectivity index (χ0n) is 14.1. The molecule has 0 saturated heterocycles. The number of halogens is 1. The summed E-state index contributed by atoms with van der Waals surface area (Å²) in [6.07, 6.45) is 0.730. The third-order valence-corrected chi connectivity index (χ3v) is 5.18. The molecule has 1 aromatic heterocycles. The maximum atomic E-state index is 12.9. The van der Waals surface area contributed by atoms with E-state index in [2.05, 4.69) is 21.2 Å². The number of hydrogen-bond donors (Lipinski definition) is 1. The first kappa shape index (κ1) is 16.2. The Hall–Kier alpha value is -2.27. The van der Waals surface area contributed by atoms with Crippen LogP contribution in [0.2, 0.25) is 0 Å². The van der Waals surface area contributed by atoms with Gasteiger partial charge in [-0.3, -0.25) is 4.79 Å². The molecule has 0 saturated carbocycles. The molecule has 1 amide bonds. The van der Waals surface area contributed by atoms with Gasteiger partial charge in [0.2, 0.25) is 0 Å². The van der Waals surface area contributed by atoms with Gasteiger partial charge >= 0.3 is 0 Å².